The van der Waals surface area contributed by atoms with Crippen LogP contribution in [0.4, 0.5) is 19.0 Å². The molecule has 2 aromatic heterocycles. The lowest BCUT2D eigenvalue weighted by atomic mass is 10.1. The van der Waals surface area contributed by atoms with Crippen LogP contribution in [0.25, 0.3) is 0 Å². The van der Waals surface area contributed by atoms with Gasteiger partial charge in [-0.05, 0) is 25.1 Å². The van der Waals surface area contributed by atoms with Crippen molar-refractivity contribution in [2.45, 2.75) is 18.8 Å². The second kappa shape index (κ2) is 7.24. The standard InChI is InChI=1S/C15H14F3N3O4/c1-2-24-13(23)14(15(16,17)18,20-11-7-3-4-8-19-11)21-12(22)10-6-5-9-25-10/h3-9H,2H2,1H3,(H,19,20)(H,21,22)/p+1/t14-/m1/s1. The Balaban J connectivity index is 2.46. The summed E-state index contributed by atoms with van der Waals surface area (Å²) in [5, 5.41) is 3.62. The second-order valence-electron chi connectivity index (χ2n) is 4.80. The molecule has 0 aliphatic carbocycles. The van der Waals surface area contributed by atoms with Crippen LogP contribution < -0.4 is 15.6 Å². The minimum Gasteiger partial charge on any atom is -0.461 e. The number of ether oxygens (including phenoxy) is 1. The largest absolute Gasteiger partial charge is 0.464 e. The molecule has 134 valence electrons. The van der Waals surface area contributed by atoms with Crippen LogP contribution in [0.2, 0.25) is 0 Å². The molecule has 0 spiro atoms. The van der Waals surface area contributed by atoms with Crippen LogP contribution in [0.3, 0.4) is 0 Å². The van der Waals surface area contributed by atoms with E-state index in [1.54, 1.807) is 5.32 Å². The number of H-pyrrole nitrogens is 1. The van der Waals surface area contributed by atoms with Gasteiger partial charge in [-0.3, -0.25) is 10.1 Å². The molecule has 3 N–H and O–H groups in total. The number of pyridine rings is 1. The van der Waals surface area contributed by atoms with Crippen molar-refractivity contribution in [3.8, 4) is 0 Å². The van der Waals surface area contributed by atoms with E-state index in [1.807, 2.05) is 5.32 Å². The maximum absolute atomic E-state index is 13.8. The van der Waals surface area contributed by atoms with Gasteiger partial charge in [-0.25, -0.2) is 15.1 Å². The summed E-state index contributed by atoms with van der Waals surface area (Å²) >= 11 is 0. The fourth-order valence-corrected chi connectivity index (χ4v) is 1.94. The van der Waals surface area contributed by atoms with E-state index in [0.717, 1.165) is 12.3 Å². The molecule has 0 radical (unpaired) electrons. The molecule has 2 aromatic rings. The second-order valence-corrected chi connectivity index (χ2v) is 4.80. The molecule has 0 aromatic carbocycles. The van der Waals surface area contributed by atoms with Crippen LogP contribution in [0.15, 0.2) is 47.2 Å². The maximum atomic E-state index is 13.8. The van der Waals surface area contributed by atoms with Crippen LogP contribution in [0.1, 0.15) is 17.5 Å². The predicted octanol–water partition coefficient (Wildman–Crippen LogP) is 1.76. The van der Waals surface area contributed by atoms with Gasteiger partial charge in [0.05, 0.1) is 19.1 Å². The quantitative estimate of drug-likeness (QED) is 0.606. The number of rotatable bonds is 6. The molecule has 0 unspecified atom stereocenters. The van der Waals surface area contributed by atoms with E-state index in [1.165, 1.54) is 37.4 Å². The number of esters is 1. The Morgan fingerprint density at radius 1 is 1.24 bits per heavy atom. The van der Waals surface area contributed by atoms with E-state index in [2.05, 4.69) is 9.72 Å². The van der Waals surface area contributed by atoms with Crippen molar-refractivity contribution in [2.75, 3.05) is 11.9 Å². The highest BCUT2D eigenvalue weighted by atomic mass is 19.4. The molecule has 1 atom stereocenters. The normalized spacial score (nSPS) is 13.6. The van der Waals surface area contributed by atoms with Crippen molar-refractivity contribution in [1.29, 1.82) is 0 Å². The number of carbonyl (C=O) groups is 2. The number of aromatic nitrogens is 1. The lowest BCUT2D eigenvalue weighted by molar-refractivity contribution is -0.363. The van der Waals surface area contributed by atoms with E-state index in [0.29, 0.717) is 0 Å². The van der Waals surface area contributed by atoms with Gasteiger partial charge in [0.2, 0.25) is 0 Å². The van der Waals surface area contributed by atoms with Crippen molar-refractivity contribution >= 4 is 17.7 Å². The first kappa shape index (κ1) is 18.3. The highest BCUT2D eigenvalue weighted by Crippen LogP contribution is 2.32. The van der Waals surface area contributed by atoms with Gasteiger partial charge in [-0.2, -0.15) is 13.2 Å². The molecular formula is C15H15F3N3O4+. The summed E-state index contributed by atoms with van der Waals surface area (Å²) in [5.41, 5.74) is -3.51. The van der Waals surface area contributed by atoms with Crippen molar-refractivity contribution < 1.29 is 36.9 Å². The van der Waals surface area contributed by atoms with Gasteiger partial charge in [-0.1, -0.05) is 6.07 Å². The van der Waals surface area contributed by atoms with Gasteiger partial charge in [0.25, 0.3) is 11.7 Å². The number of hydrogen-bond donors (Lipinski definition) is 2. The molecular weight excluding hydrogens is 343 g/mol. The fraction of sp³-hybridized carbons (Fsp3) is 0.267. The van der Waals surface area contributed by atoms with Gasteiger partial charge in [0.1, 0.15) is 0 Å². The Kier molecular flexibility index (Phi) is 5.30. The molecule has 25 heavy (non-hydrogen) atoms. The first-order valence-corrected chi connectivity index (χ1v) is 7.15. The molecule has 7 nitrogen and oxygen atoms in total. The molecule has 0 fully saturated rings. The summed E-state index contributed by atoms with van der Waals surface area (Å²) in [7, 11) is 0. The molecule has 1 amide bonds. The average Bonchev–Trinajstić information content (AvgIpc) is 3.09. The number of nitrogens with one attached hydrogen (secondary N) is 3. The Labute approximate surface area is 140 Å². The van der Waals surface area contributed by atoms with E-state index >= 15 is 0 Å². The Morgan fingerprint density at radius 2 is 2.00 bits per heavy atom. The minimum absolute atomic E-state index is 0.160. The number of furan rings is 1. The summed E-state index contributed by atoms with van der Waals surface area (Å²) in [4.78, 5) is 26.8. The Bertz CT molecular complexity index is 719. The zero-order valence-electron chi connectivity index (χ0n) is 13.0. The molecule has 10 heteroatoms. The maximum Gasteiger partial charge on any atom is 0.464 e. The summed E-state index contributed by atoms with van der Waals surface area (Å²) in [6.45, 7) is 1.04. The Morgan fingerprint density at radius 3 is 2.52 bits per heavy atom. The fourth-order valence-electron chi connectivity index (χ4n) is 1.94. The van der Waals surface area contributed by atoms with Crippen LogP contribution in [0.5, 0.6) is 0 Å². The predicted molar refractivity (Wildman–Crippen MR) is 78.2 cm³/mol. The molecule has 2 heterocycles. The highest BCUT2D eigenvalue weighted by molar-refractivity contribution is 5.97. The number of aromatic amines is 1. The van der Waals surface area contributed by atoms with Crippen LogP contribution >= 0.6 is 0 Å². The van der Waals surface area contributed by atoms with E-state index < -0.39 is 29.5 Å². The Hall–Kier alpha value is -3.04. The monoisotopic (exact) mass is 358 g/mol. The van der Waals surface area contributed by atoms with Crippen molar-refractivity contribution in [1.82, 2.24) is 5.32 Å². The first-order valence-electron chi connectivity index (χ1n) is 7.15. The van der Waals surface area contributed by atoms with Crippen molar-refractivity contribution in [3.63, 3.8) is 0 Å². The molecule has 0 aliphatic heterocycles. The van der Waals surface area contributed by atoms with Gasteiger partial charge in [-0.15, -0.1) is 0 Å². The smallest absolute Gasteiger partial charge is 0.461 e. The zero-order chi connectivity index (χ0) is 18.5. The van der Waals surface area contributed by atoms with Gasteiger partial charge < -0.3 is 9.15 Å². The lowest BCUT2D eigenvalue weighted by Crippen LogP contribution is -2.69. The molecule has 0 saturated heterocycles. The summed E-state index contributed by atoms with van der Waals surface area (Å²) in [6.07, 6.45) is -2.75. The number of hydrogen-bond acceptors (Lipinski definition) is 5. The van der Waals surface area contributed by atoms with Crippen LogP contribution in [0, 0.1) is 0 Å². The zero-order valence-corrected chi connectivity index (χ0v) is 13.0. The van der Waals surface area contributed by atoms with Crippen LogP contribution in [-0.2, 0) is 9.53 Å². The van der Waals surface area contributed by atoms with Gasteiger partial charge >= 0.3 is 17.8 Å². The third-order valence-electron chi connectivity index (χ3n) is 3.08. The van der Waals surface area contributed by atoms with Gasteiger partial charge in [0.15, 0.2) is 5.76 Å². The van der Waals surface area contributed by atoms with E-state index in [9.17, 15) is 22.8 Å². The number of amides is 1. The van der Waals surface area contributed by atoms with E-state index in [-0.39, 0.29) is 12.4 Å². The molecule has 2 rings (SSSR count). The third-order valence-corrected chi connectivity index (χ3v) is 3.08. The molecule has 0 aliphatic rings. The number of anilines is 1. The highest BCUT2D eigenvalue weighted by Gasteiger charge is 2.68. The number of carbonyl (C=O) groups excluding carboxylic acids is 2. The van der Waals surface area contributed by atoms with Crippen LogP contribution in [-0.4, -0.2) is 30.3 Å². The third kappa shape index (κ3) is 3.90. The molecule has 0 saturated carbocycles. The average molecular weight is 358 g/mol. The summed E-state index contributed by atoms with van der Waals surface area (Å²) in [5.74, 6) is -3.50. The lowest BCUT2D eigenvalue weighted by Gasteiger charge is -2.30. The summed E-state index contributed by atoms with van der Waals surface area (Å²) < 4.78 is 50.8. The SMILES string of the molecule is CCOC(=O)[C@](NC(=O)c1ccco1)(Nc1cccc[nH+]1)C(F)(F)F. The number of halogens is 3. The van der Waals surface area contributed by atoms with Crippen molar-refractivity contribution in [3.05, 3.63) is 48.6 Å². The molecule has 0 bridgehead atoms. The topological polar surface area (TPSA) is 94.7 Å². The summed E-state index contributed by atoms with van der Waals surface area (Å²) in [6, 6.07) is 6.73. The van der Waals surface area contributed by atoms with E-state index in [4.69, 9.17) is 4.42 Å². The van der Waals surface area contributed by atoms with Crippen molar-refractivity contribution in [2.24, 2.45) is 0 Å². The number of alkyl halides is 3. The first-order chi connectivity index (χ1) is 11.8. The van der Waals surface area contributed by atoms with Gasteiger partial charge in [0, 0.05) is 6.07 Å². The minimum atomic E-state index is -5.22.